The lowest BCUT2D eigenvalue weighted by atomic mass is 10.6. The molecule has 4 heteroatoms. The fraction of sp³-hybridized carbons (Fsp3) is 0.250. The lowest BCUT2D eigenvalue weighted by Crippen LogP contribution is -1.87. The van der Waals surface area contributed by atoms with Crippen LogP contribution >= 0.6 is 11.6 Å². The van der Waals surface area contributed by atoms with E-state index in [0.29, 0.717) is 5.15 Å². The molecule has 12 heavy (non-hydrogen) atoms. The molecule has 0 aliphatic heterocycles. The van der Waals surface area contributed by atoms with Crippen LogP contribution in [0.5, 0.6) is 0 Å². The van der Waals surface area contributed by atoms with Crippen molar-refractivity contribution in [3.05, 3.63) is 29.7 Å². The first kappa shape index (κ1) is 9.00. The van der Waals surface area contributed by atoms with Crippen molar-refractivity contribution in [3.8, 4) is 0 Å². The normalized spacial score (nSPS) is 9.25. The molecule has 64 valence electrons. The quantitative estimate of drug-likeness (QED) is 0.588. The van der Waals surface area contributed by atoms with Gasteiger partial charge in [-0.3, -0.25) is 0 Å². The number of aromatic nitrogens is 3. The molecule has 2 rings (SSSR count). The molecule has 0 N–H and O–H groups in total. The van der Waals surface area contributed by atoms with Gasteiger partial charge in [0.2, 0.25) is 0 Å². The third kappa shape index (κ3) is 1.74. The predicted octanol–water partition coefficient (Wildman–Crippen LogP) is 2.41. The Kier molecular flexibility index (Phi) is 3.05. The number of hydrogen-bond acceptors (Lipinski definition) is 2. The van der Waals surface area contributed by atoms with Crippen LogP contribution in [0.2, 0.25) is 5.15 Å². The predicted molar refractivity (Wildman–Crippen MR) is 49.3 cm³/mol. The molecule has 0 radical (unpaired) electrons. The molecule has 0 spiro atoms. The van der Waals surface area contributed by atoms with Gasteiger partial charge in [-0.2, -0.15) is 5.10 Å². The van der Waals surface area contributed by atoms with Crippen LogP contribution in [0, 0.1) is 0 Å². The largest absolute Gasteiger partial charge is 0.223 e. The maximum absolute atomic E-state index is 5.62. The van der Waals surface area contributed by atoms with Crippen molar-refractivity contribution in [2.45, 2.75) is 13.8 Å². The van der Waals surface area contributed by atoms with E-state index in [-0.39, 0.29) is 0 Å². The van der Waals surface area contributed by atoms with Crippen molar-refractivity contribution in [3.63, 3.8) is 0 Å². The van der Waals surface area contributed by atoms with Crippen LogP contribution in [0.15, 0.2) is 24.5 Å². The van der Waals surface area contributed by atoms with Crippen LogP contribution < -0.4 is 0 Å². The molecule has 2 aromatic heterocycles. The van der Waals surface area contributed by atoms with Gasteiger partial charge < -0.3 is 0 Å². The average Bonchev–Trinajstić information content (AvgIpc) is 2.54. The first-order chi connectivity index (χ1) is 5.86. The second kappa shape index (κ2) is 4.07. The summed E-state index contributed by atoms with van der Waals surface area (Å²) in [5, 5.41) is 4.45. The van der Waals surface area contributed by atoms with Crippen molar-refractivity contribution in [1.29, 1.82) is 0 Å². The van der Waals surface area contributed by atoms with E-state index in [1.807, 2.05) is 13.8 Å². The maximum atomic E-state index is 5.62. The van der Waals surface area contributed by atoms with Crippen molar-refractivity contribution >= 4 is 17.2 Å². The SMILES string of the molecule is CC.Clc1ccn2nccc2n1. The Morgan fingerprint density at radius 3 is 2.83 bits per heavy atom. The molecule has 2 heterocycles. The highest BCUT2D eigenvalue weighted by Crippen LogP contribution is 2.04. The highest BCUT2D eigenvalue weighted by atomic mass is 35.5. The second-order valence-electron chi connectivity index (χ2n) is 1.88. The molecular weight excluding hydrogens is 174 g/mol. The first-order valence-corrected chi connectivity index (χ1v) is 4.20. The van der Waals surface area contributed by atoms with E-state index in [9.17, 15) is 0 Å². The second-order valence-corrected chi connectivity index (χ2v) is 2.27. The summed E-state index contributed by atoms with van der Waals surface area (Å²) >= 11 is 5.62. The Morgan fingerprint density at radius 1 is 1.33 bits per heavy atom. The Labute approximate surface area is 76.0 Å². The van der Waals surface area contributed by atoms with Gasteiger partial charge in [0.25, 0.3) is 0 Å². The van der Waals surface area contributed by atoms with E-state index in [1.54, 1.807) is 29.0 Å². The molecule has 0 amide bonds. The third-order valence-corrected chi connectivity index (χ3v) is 1.43. The summed E-state index contributed by atoms with van der Waals surface area (Å²) in [6, 6.07) is 3.49. The topological polar surface area (TPSA) is 30.2 Å². The first-order valence-electron chi connectivity index (χ1n) is 3.82. The molecule has 0 saturated carbocycles. The standard InChI is InChI=1S/C6H4ClN3.C2H6/c7-5-2-4-10-6(9-5)1-3-8-10;1-2/h1-4H;1-2H3. The van der Waals surface area contributed by atoms with Crippen LogP contribution in [-0.4, -0.2) is 14.6 Å². The molecule has 0 bridgehead atoms. The number of fused-ring (bicyclic) bond motifs is 1. The zero-order valence-corrected chi connectivity index (χ0v) is 7.78. The van der Waals surface area contributed by atoms with Crippen molar-refractivity contribution in [2.75, 3.05) is 0 Å². The van der Waals surface area contributed by atoms with E-state index < -0.39 is 0 Å². The molecule has 3 nitrogen and oxygen atoms in total. The molecule has 0 atom stereocenters. The highest BCUT2D eigenvalue weighted by Gasteiger charge is 1.93. The Bertz CT molecular complexity index is 356. The van der Waals surface area contributed by atoms with Gasteiger partial charge >= 0.3 is 0 Å². The number of nitrogens with zero attached hydrogens (tertiary/aromatic N) is 3. The lowest BCUT2D eigenvalue weighted by Gasteiger charge is -1.90. The monoisotopic (exact) mass is 183 g/mol. The van der Waals surface area contributed by atoms with Gasteiger partial charge in [-0.1, -0.05) is 25.4 Å². The minimum atomic E-state index is 0.494. The molecule has 2 aromatic rings. The summed E-state index contributed by atoms with van der Waals surface area (Å²) in [5.74, 6) is 0. The zero-order valence-electron chi connectivity index (χ0n) is 7.03. The Balaban J connectivity index is 0.000000336. The highest BCUT2D eigenvalue weighted by molar-refractivity contribution is 6.29. The van der Waals surface area contributed by atoms with E-state index in [4.69, 9.17) is 11.6 Å². The lowest BCUT2D eigenvalue weighted by molar-refractivity contribution is 0.939. The van der Waals surface area contributed by atoms with Gasteiger partial charge in [0.05, 0.1) is 6.20 Å². The van der Waals surface area contributed by atoms with Gasteiger partial charge in [-0.05, 0) is 6.07 Å². The molecule has 0 aliphatic rings. The van der Waals surface area contributed by atoms with Gasteiger partial charge in [-0.15, -0.1) is 0 Å². The Morgan fingerprint density at radius 2 is 2.08 bits per heavy atom. The summed E-state index contributed by atoms with van der Waals surface area (Å²) < 4.78 is 1.66. The average molecular weight is 184 g/mol. The van der Waals surface area contributed by atoms with E-state index in [1.165, 1.54) is 0 Å². The third-order valence-electron chi connectivity index (χ3n) is 1.22. The molecule has 0 fully saturated rings. The van der Waals surface area contributed by atoms with Gasteiger partial charge in [0.1, 0.15) is 5.15 Å². The van der Waals surface area contributed by atoms with Crippen LogP contribution in [0.1, 0.15) is 13.8 Å². The molecule has 0 unspecified atom stereocenters. The number of halogens is 1. The van der Waals surface area contributed by atoms with Crippen molar-refractivity contribution in [1.82, 2.24) is 14.6 Å². The number of hydrogen-bond donors (Lipinski definition) is 0. The fourth-order valence-electron chi connectivity index (χ4n) is 0.790. The van der Waals surface area contributed by atoms with Crippen LogP contribution in [-0.2, 0) is 0 Å². The van der Waals surface area contributed by atoms with Crippen LogP contribution in [0.4, 0.5) is 0 Å². The van der Waals surface area contributed by atoms with E-state index in [0.717, 1.165) is 5.65 Å². The Hall–Kier alpha value is -1.09. The summed E-state index contributed by atoms with van der Waals surface area (Å²) in [6.07, 6.45) is 3.45. The van der Waals surface area contributed by atoms with Crippen molar-refractivity contribution < 1.29 is 0 Å². The molecule has 0 aromatic carbocycles. The van der Waals surface area contributed by atoms with Crippen LogP contribution in [0.25, 0.3) is 5.65 Å². The van der Waals surface area contributed by atoms with Gasteiger partial charge in [0.15, 0.2) is 5.65 Å². The summed E-state index contributed by atoms with van der Waals surface area (Å²) in [6.45, 7) is 4.00. The van der Waals surface area contributed by atoms with Gasteiger partial charge in [-0.25, -0.2) is 9.50 Å². The molecule has 0 saturated heterocycles. The molecular formula is C8H10ClN3. The van der Waals surface area contributed by atoms with Crippen molar-refractivity contribution in [2.24, 2.45) is 0 Å². The minimum Gasteiger partial charge on any atom is -0.223 e. The van der Waals surface area contributed by atoms with E-state index >= 15 is 0 Å². The smallest absolute Gasteiger partial charge is 0.156 e. The number of rotatable bonds is 0. The van der Waals surface area contributed by atoms with Crippen LogP contribution in [0.3, 0.4) is 0 Å². The minimum absolute atomic E-state index is 0.494. The summed E-state index contributed by atoms with van der Waals surface area (Å²) in [7, 11) is 0. The zero-order chi connectivity index (χ0) is 8.97. The summed E-state index contributed by atoms with van der Waals surface area (Å²) in [4.78, 5) is 4.00. The molecule has 0 aliphatic carbocycles. The van der Waals surface area contributed by atoms with Gasteiger partial charge in [0, 0.05) is 12.3 Å². The maximum Gasteiger partial charge on any atom is 0.156 e. The fourth-order valence-corrected chi connectivity index (χ4v) is 0.932. The summed E-state index contributed by atoms with van der Waals surface area (Å²) in [5.41, 5.74) is 0.771. The van der Waals surface area contributed by atoms with E-state index in [2.05, 4.69) is 10.1 Å².